The standard InChI is InChI=1S/C16H27N3O2.ClH/c17-14-11-2-1-3-12(14)9-13(8-11)16(21)19-7-6-18-15(20)10-4-5-10;/h10-14H,1-9,17H2,(H,18,20)(H,19,21);1H. The Kier molecular flexibility index (Phi) is 6.09. The molecule has 0 aromatic carbocycles. The molecule has 0 spiro atoms. The first-order valence-electron chi connectivity index (χ1n) is 8.46. The fourth-order valence-corrected chi connectivity index (χ4v) is 4.01. The van der Waals surface area contributed by atoms with E-state index in [1.54, 1.807) is 0 Å². The van der Waals surface area contributed by atoms with Crippen LogP contribution in [0.25, 0.3) is 0 Å². The number of nitrogens with two attached hydrogens (primary N) is 1. The Morgan fingerprint density at radius 1 is 0.864 bits per heavy atom. The van der Waals surface area contributed by atoms with Gasteiger partial charge in [-0.05, 0) is 50.4 Å². The van der Waals surface area contributed by atoms with Crippen LogP contribution in [-0.2, 0) is 9.59 Å². The average molecular weight is 330 g/mol. The summed E-state index contributed by atoms with van der Waals surface area (Å²) in [5, 5.41) is 5.85. The first-order valence-corrected chi connectivity index (χ1v) is 8.46. The third-order valence-corrected chi connectivity index (χ3v) is 5.46. The Morgan fingerprint density at radius 2 is 1.36 bits per heavy atom. The van der Waals surface area contributed by atoms with Gasteiger partial charge in [-0.25, -0.2) is 0 Å². The van der Waals surface area contributed by atoms with Crippen LogP contribution in [0, 0.1) is 23.7 Å². The molecule has 2 amide bonds. The van der Waals surface area contributed by atoms with Crippen LogP contribution in [0.3, 0.4) is 0 Å². The van der Waals surface area contributed by atoms with Gasteiger partial charge in [0, 0.05) is 31.0 Å². The summed E-state index contributed by atoms with van der Waals surface area (Å²) in [5.41, 5.74) is 6.26. The summed E-state index contributed by atoms with van der Waals surface area (Å²) in [6.45, 7) is 1.08. The summed E-state index contributed by atoms with van der Waals surface area (Å²) in [7, 11) is 0. The Balaban J connectivity index is 0.00000176. The lowest BCUT2D eigenvalue weighted by atomic mass is 9.65. The summed E-state index contributed by atoms with van der Waals surface area (Å²) in [6, 6.07) is 0.306. The molecule has 2 bridgehead atoms. The largest absolute Gasteiger partial charge is 0.354 e. The number of carbonyl (C=O) groups excluding carboxylic acids is 2. The number of rotatable bonds is 5. The van der Waals surface area contributed by atoms with Crippen molar-refractivity contribution in [2.45, 2.75) is 51.0 Å². The predicted molar refractivity (Wildman–Crippen MR) is 87.5 cm³/mol. The van der Waals surface area contributed by atoms with Crippen LogP contribution in [0.2, 0.25) is 0 Å². The van der Waals surface area contributed by atoms with Gasteiger partial charge in [0.1, 0.15) is 0 Å². The van der Waals surface area contributed by atoms with Crippen molar-refractivity contribution < 1.29 is 9.59 Å². The van der Waals surface area contributed by atoms with Gasteiger partial charge in [0.2, 0.25) is 11.8 Å². The normalized spacial score (nSPS) is 33.5. The molecular formula is C16H28ClN3O2. The van der Waals surface area contributed by atoms with E-state index in [0.29, 0.717) is 31.0 Å². The van der Waals surface area contributed by atoms with Gasteiger partial charge in [0.15, 0.2) is 0 Å². The Hall–Kier alpha value is -0.810. The van der Waals surface area contributed by atoms with Crippen LogP contribution in [0.5, 0.6) is 0 Å². The van der Waals surface area contributed by atoms with Crippen molar-refractivity contribution in [1.29, 1.82) is 0 Å². The maximum absolute atomic E-state index is 12.3. The van der Waals surface area contributed by atoms with Gasteiger partial charge in [-0.1, -0.05) is 6.42 Å². The molecule has 5 nitrogen and oxygen atoms in total. The lowest BCUT2D eigenvalue weighted by molar-refractivity contribution is -0.128. The van der Waals surface area contributed by atoms with Crippen molar-refractivity contribution >= 4 is 24.2 Å². The van der Waals surface area contributed by atoms with Crippen LogP contribution in [0.15, 0.2) is 0 Å². The van der Waals surface area contributed by atoms with E-state index in [0.717, 1.165) is 25.7 Å². The molecule has 4 N–H and O–H groups in total. The molecule has 0 radical (unpaired) electrons. The number of hydrogen-bond acceptors (Lipinski definition) is 3. The second kappa shape index (κ2) is 7.64. The topological polar surface area (TPSA) is 84.2 Å². The smallest absolute Gasteiger partial charge is 0.223 e. The van der Waals surface area contributed by atoms with E-state index in [1.807, 2.05) is 0 Å². The van der Waals surface area contributed by atoms with Gasteiger partial charge in [-0.2, -0.15) is 0 Å². The van der Waals surface area contributed by atoms with E-state index >= 15 is 0 Å². The Bertz CT molecular complexity index is 400. The molecule has 3 saturated carbocycles. The van der Waals surface area contributed by atoms with Gasteiger partial charge >= 0.3 is 0 Å². The second-order valence-electron chi connectivity index (χ2n) is 7.05. The molecule has 3 fully saturated rings. The Morgan fingerprint density at radius 3 is 1.86 bits per heavy atom. The minimum atomic E-state index is 0. The minimum Gasteiger partial charge on any atom is -0.354 e. The molecule has 3 aliphatic rings. The van der Waals surface area contributed by atoms with Gasteiger partial charge in [-0.15, -0.1) is 12.4 Å². The van der Waals surface area contributed by atoms with E-state index < -0.39 is 0 Å². The van der Waals surface area contributed by atoms with Crippen molar-refractivity contribution in [2.24, 2.45) is 29.4 Å². The van der Waals surface area contributed by atoms with Crippen LogP contribution >= 0.6 is 12.4 Å². The lowest BCUT2D eigenvalue weighted by Gasteiger charge is -2.43. The molecule has 0 aliphatic heterocycles. The highest BCUT2D eigenvalue weighted by atomic mass is 35.5. The predicted octanol–water partition coefficient (Wildman–Crippen LogP) is 1.20. The number of halogens is 1. The summed E-state index contributed by atoms with van der Waals surface area (Å²) >= 11 is 0. The molecule has 3 rings (SSSR count). The molecule has 2 unspecified atom stereocenters. The lowest BCUT2D eigenvalue weighted by Crippen LogP contribution is -2.49. The number of amides is 2. The zero-order valence-electron chi connectivity index (χ0n) is 13.1. The highest BCUT2D eigenvalue weighted by Gasteiger charge is 2.40. The molecular weight excluding hydrogens is 302 g/mol. The quantitative estimate of drug-likeness (QED) is 0.663. The van der Waals surface area contributed by atoms with Crippen molar-refractivity contribution in [3.63, 3.8) is 0 Å². The molecule has 3 aliphatic carbocycles. The monoisotopic (exact) mass is 329 g/mol. The zero-order valence-corrected chi connectivity index (χ0v) is 13.9. The van der Waals surface area contributed by atoms with Crippen molar-refractivity contribution in [3.05, 3.63) is 0 Å². The summed E-state index contributed by atoms with van der Waals surface area (Å²) in [5.74, 6) is 1.71. The van der Waals surface area contributed by atoms with Crippen LogP contribution in [0.4, 0.5) is 0 Å². The fraction of sp³-hybridized carbons (Fsp3) is 0.875. The average Bonchev–Trinajstić information content (AvgIpc) is 3.27. The fourth-order valence-electron chi connectivity index (χ4n) is 4.01. The molecule has 2 atom stereocenters. The Labute approximate surface area is 138 Å². The molecule has 126 valence electrons. The highest BCUT2D eigenvalue weighted by molar-refractivity contribution is 5.85. The van der Waals surface area contributed by atoms with Crippen LogP contribution in [-0.4, -0.2) is 30.9 Å². The van der Waals surface area contributed by atoms with E-state index in [1.165, 1.54) is 19.3 Å². The number of hydrogen-bond donors (Lipinski definition) is 3. The van der Waals surface area contributed by atoms with E-state index in [9.17, 15) is 9.59 Å². The van der Waals surface area contributed by atoms with E-state index in [4.69, 9.17) is 5.73 Å². The summed E-state index contributed by atoms with van der Waals surface area (Å²) in [6.07, 6.45) is 7.55. The number of nitrogens with one attached hydrogen (secondary N) is 2. The maximum atomic E-state index is 12.3. The molecule has 6 heteroatoms. The minimum absolute atomic E-state index is 0. The van der Waals surface area contributed by atoms with Crippen molar-refractivity contribution in [3.8, 4) is 0 Å². The van der Waals surface area contributed by atoms with Gasteiger partial charge in [0.05, 0.1) is 0 Å². The first-order chi connectivity index (χ1) is 10.1. The number of fused-ring (bicyclic) bond motifs is 2. The highest BCUT2D eigenvalue weighted by Crippen LogP contribution is 2.41. The van der Waals surface area contributed by atoms with Crippen LogP contribution in [0.1, 0.15) is 44.9 Å². The van der Waals surface area contributed by atoms with Crippen molar-refractivity contribution in [2.75, 3.05) is 13.1 Å². The molecule has 0 aromatic heterocycles. The number of carbonyl (C=O) groups is 2. The second-order valence-corrected chi connectivity index (χ2v) is 7.05. The zero-order chi connectivity index (χ0) is 14.8. The molecule has 22 heavy (non-hydrogen) atoms. The van der Waals surface area contributed by atoms with Gasteiger partial charge in [0.25, 0.3) is 0 Å². The van der Waals surface area contributed by atoms with Gasteiger partial charge < -0.3 is 16.4 Å². The molecule has 0 saturated heterocycles. The summed E-state index contributed by atoms with van der Waals surface area (Å²) < 4.78 is 0. The van der Waals surface area contributed by atoms with E-state index in [2.05, 4.69) is 10.6 Å². The maximum Gasteiger partial charge on any atom is 0.223 e. The van der Waals surface area contributed by atoms with Crippen molar-refractivity contribution in [1.82, 2.24) is 10.6 Å². The third kappa shape index (κ3) is 4.13. The van der Waals surface area contributed by atoms with Crippen LogP contribution < -0.4 is 16.4 Å². The van der Waals surface area contributed by atoms with Gasteiger partial charge in [-0.3, -0.25) is 9.59 Å². The van der Waals surface area contributed by atoms with E-state index in [-0.39, 0.29) is 36.1 Å². The molecule has 0 aromatic rings. The summed E-state index contributed by atoms with van der Waals surface area (Å²) in [4.78, 5) is 23.7. The third-order valence-electron chi connectivity index (χ3n) is 5.46. The SMILES string of the molecule is Cl.NC1C2CCCC1CC(C(=O)NCCNC(=O)C1CC1)C2. The molecule has 0 heterocycles. The first kappa shape index (κ1) is 17.5.